The van der Waals surface area contributed by atoms with E-state index in [1.807, 2.05) is 11.6 Å². The van der Waals surface area contributed by atoms with Gasteiger partial charge in [-0.05, 0) is 13.3 Å². The highest BCUT2D eigenvalue weighted by Gasteiger charge is 2.25. The number of fused-ring (bicyclic) bond motifs is 1. The highest BCUT2D eigenvalue weighted by atomic mass is 32.2. The second kappa shape index (κ2) is 3.61. The molecule has 1 aromatic rings. The smallest absolute Gasteiger partial charge is 0.211 e. The van der Waals surface area contributed by atoms with Crippen molar-refractivity contribution in [1.82, 2.24) is 14.1 Å². The summed E-state index contributed by atoms with van der Waals surface area (Å²) in [6.07, 6.45) is 4.90. The number of aromatic nitrogens is 2. The Balaban J connectivity index is 2.32. The van der Waals surface area contributed by atoms with Gasteiger partial charge in [0.2, 0.25) is 10.0 Å². The van der Waals surface area contributed by atoms with Gasteiger partial charge in [0.15, 0.2) is 0 Å². The molecule has 0 saturated carbocycles. The molecule has 0 spiro atoms. The zero-order valence-corrected chi connectivity index (χ0v) is 9.71. The third kappa shape index (κ3) is 1.91. The van der Waals surface area contributed by atoms with E-state index in [1.54, 1.807) is 0 Å². The first-order valence-corrected chi connectivity index (χ1v) is 6.78. The summed E-state index contributed by atoms with van der Waals surface area (Å²) in [7, 11) is -3.09. The molecule has 83 valence electrons. The summed E-state index contributed by atoms with van der Waals surface area (Å²) in [4.78, 5) is 0. The number of hydrogen-bond donors (Lipinski definition) is 0. The van der Waals surface area contributed by atoms with Crippen molar-refractivity contribution in [2.24, 2.45) is 0 Å². The molecule has 0 fully saturated rings. The van der Waals surface area contributed by atoms with Crippen LogP contribution in [0.25, 0.3) is 0 Å². The van der Waals surface area contributed by atoms with Gasteiger partial charge >= 0.3 is 0 Å². The van der Waals surface area contributed by atoms with Gasteiger partial charge in [0.25, 0.3) is 0 Å². The molecule has 1 radical (unpaired) electrons. The number of aryl methyl sites for hydroxylation is 1. The topological polar surface area (TPSA) is 55.2 Å². The lowest BCUT2D eigenvalue weighted by molar-refractivity contribution is 0.379. The Kier molecular flexibility index (Phi) is 2.56. The van der Waals surface area contributed by atoms with Gasteiger partial charge in [-0.3, -0.25) is 4.68 Å². The van der Waals surface area contributed by atoms with E-state index in [-0.39, 0.29) is 0 Å². The quantitative estimate of drug-likeness (QED) is 0.717. The first-order valence-electron chi connectivity index (χ1n) is 4.93. The maximum absolute atomic E-state index is 11.4. The largest absolute Gasteiger partial charge is 0.268 e. The SMILES string of the molecule is CCn1n[c]c2c1CN(S(C)(=O)=O)CC2. The summed E-state index contributed by atoms with van der Waals surface area (Å²) < 4.78 is 26.1. The van der Waals surface area contributed by atoms with E-state index in [1.165, 1.54) is 10.6 Å². The van der Waals surface area contributed by atoms with Crippen molar-refractivity contribution in [1.29, 1.82) is 0 Å². The Morgan fingerprint density at radius 2 is 2.27 bits per heavy atom. The molecule has 1 aliphatic rings. The third-order valence-electron chi connectivity index (χ3n) is 2.67. The highest BCUT2D eigenvalue weighted by Crippen LogP contribution is 2.19. The lowest BCUT2D eigenvalue weighted by atomic mass is 10.1. The molecule has 1 aliphatic heterocycles. The van der Waals surface area contributed by atoms with Gasteiger partial charge in [0.1, 0.15) is 6.20 Å². The predicted molar refractivity (Wildman–Crippen MR) is 55.7 cm³/mol. The van der Waals surface area contributed by atoms with Crippen molar-refractivity contribution in [3.05, 3.63) is 17.5 Å². The third-order valence-corrected chi connectivity index (χ3v) is 3.92. The van der Waals surface area contributed by atoms with Gasteiger partial charge in [-0.15, -0.1) is 0 Å². The Morgan fingerprint density at radius 1 is 1.53 bits per heavy atom. The van der Waals surface area contributed by atoms with Crippen LogP contribution in [-0.4, -0.2) is 35.3 Å². The molecule has 0 bridgehead atoms. The highest BCUT2D eigenvalue weighted by molar-refractivity contribution is 7.88. The maximum Gasteiger partial charge on any atom is 0.211 e. The monoisotopic (exact) mass is 228 g/mol. The Bertz CT molecular complexity index is 450. The maximum atomic E-state index is 11.4. The Hall–Kier alpha value is -0.880. The fraction of sp³-hybridized carbons (Fsp3) is 0.667. The molecule has 0 saturated heterocycles. The fourth-order valence-corrected chi connectivity index (χ4v) is 2.59. The molecule has 5 nitrogen and oxygen atoms in total. The van der Waals surface area contributed by atoms with Crippen LogP contribution >= 0.6 is 0 Å². The first-order chi connectivity index (χ1) is 7.02. The Labute approximate surface area is 89.7 Å². The number of sulfonamides is 1. The first kappa shape index (κ1) is 10.6. The molecule has 0 aliphatic carbocycles. The molecule has 6 heteroatoms. The molecular formula is C9H14N3O2S. The minimum Gasteiger partial charge on any atom is -0.268 e. The molecule has 0 unspecified atom stereocenters. The standard InChI is InChI=1S/C9H14N3O2S/c1-3-12-9-7-11(15(2,13)14)5-4-8(9)6-10-12/h3-5,7H2,1-2H3. The van der Waals surface area contributed by atoms with Gasteiger partial charge in [-0.2, -0.15) is 9.40 Å². The van der Waals surface area contributed by atoms with E-state index in [4.69, 9.17) is 0 Å². The minimum atomic E-state index is -3.09. The second-order valence-corrected chi connectivity index (χ2v) is 5.68. The molecule has 15 heavy (non-hydrogen) atoms. The molecule has 1 aromatic heterocycles. The van der Waals surface area contributed by atoms with Crippen LogP contribution in [0.3, 0.4) is 0 Å². The molecule has 2 rings (SSSR count). The van der Waals surface area contributed by atoms with Crippen molar-refractivity contribution in [2.45, 2.75) is 26.4 Å². The van der Waals surface area contributed by atoms with E-state index in [0.717, 1.165) is 17.8 Å². The van der Waals surface area contributed by atoms with Crippen LogP contribution in [0.2, 0.25) is 0 Å². The predicted octanol–water partition coefficient (Wildman–Crippen LogP) is 0.0209. The second-order valence-electron chi connectivity index (χ2n) is 3.70. The number of nitrogens with zero attached hydrogens (tertiary/aromatic N) is 3. The summed E-state index contributed by atoms with van der Waals surface area (Å²) in [5, 5.41) is 4.10. The van der Waals surface area contributed by atoms with Crippen LogP contribution < -0.4 is 0 Å². The summed E-state index contributed by atoms with van der Waals surface area (Å²) in [6.45, 7) is 3.71. The van der Waals surface area contributed by atoms with Gasteiger partial charge in [-0.1, -0.05) is 0 Å². The number of hydrogen-bond acceptors (Lipinski definition) is 3. The lowest BCUT2D eigenvalue weighted by Gasteiger charge is -2.25. The van der Waals surface area contributed by atoms with Crippen LogP contribution in [0.4, 0.5) is 0 Å². The summed E-state index contributed by atoms with van der Waals surface area (Å²) in [5.41, 5.74) is 2.03. The summed E-state index contributed by atoms with van der Waals surface area (Å²) in [6, 6.07) is 0. The van der Waals surface area contributed by atoms with Crippen LogP contribution in [0.15, 0.2) is 0 Å². The van der Waals surface area contributed by atoms with E-state index < -0.39 is 10.0 Å². The minimum absolute atomic E-state index is 0.429. The zero-order chi connectivity index (χ0) is 11.1. The van der Waals surface area contributed by atoms with Crippen LogP contribution in [0.1, 0.15) is 18.2 Å². The summed E-state index contributed by atoms with van der Waals surface area (Å²) >= 11 is 0. The van der Waals surface area contributed by atoms with Crippen molar-refractivity contribution in [3.63, 3.8) is 0 Å². The normalized spacial score (nSPS) is 17.7. The van der Waals surface area contributed by atoms with Crippen molar-refractivity contribution in [2.75, 3.05) is 12.8 Å². The van der Waals surface area contributed by atoms with Gasteiger partial charge in [-0.25, -0.2) is 8.42 Å². The molecular weight excluding hydrogens is 214 g/mol. The zero-order valence-electron chi connectivity index (χ0n) is 8.89. The van der Waals surface area contributed by atoms with E-state index in [2.05, 4.69) is 11.3 Å². The van der Waals surface area contributed by atoms with Crippen molar-refractivity contribution < 1.29 is 8.42 Å². The van der Waals surface area contributed by atoms with Gasteiger partial charge in [0.05, 0.1) is 18.5 Å². The molecule has 0 aromatic carbocycles. The molecule has 0 atom stereocenters. The van der Waals surface area contributed by atoms with Crippen molar-refractivity contribution >= 4 is 10.0 Å². The number of rotatable bonds is 2. The molecule has 0 amide bonds. The van der Waals surface area contributed by atoms with E-state index in [9.17, 15) is 8.42 Å². The lowest BCUT2D eigenvalue weighted by Crippen LogP contribution is -2.35. The van der Waals surface area contributed by atoms with Crippen LogP contribution in [-0.2, 0) is 29.5 Å². The van der Waals surface area contributed by atoms with Gasteiger partial charge in [0, 0.05) is 18.7 Å². The van der Waals surface area contributed by atoms with Gasteiger partial charge < -0.3 is 0 Å². The van der Waals surface area contributed by atoms with E-state index >= 15 is 0 Å². The van der Waals surface area contributed by atoms with Crippen LogP contribution in [0, 0.1) is 6.20 Å². The average Bonchev–Trinajstić information content (AvgIpc) is 2.57. The fourth-order valence-electron chi connectivity index (χ4n) is 1.81. The summed E-state index contributed by atoms with van der Waals surface area (Å²) in [5.74, 6) is 0. The van der Waals surface area contributed by atoms with Crippen LogP contribution in [0.5, 0.6) is 0 Å². The average molecular weight is 228 g/mol. The van der Waals surface area contributed by atoms with Crippen molar-refractivity contribution in [3.8, 4) is 0 Å². The molecule has 2 heterocycles. The van der Waals surface area contributed by atoms with E-state index in [0.29, 0.717) is 19.5 Å². The molecule has 0 N–H and O–H groups in total. The Morgan fingerprint density at radius 3 is 2.87 bits per heavy atom.